The van der Waals surface area contributed by atoms with Crippen molar-refractivity contribution < 1.29 is 14.3 Å². The van der Waals surface area contributed by atoms with Gasteiger partial charge >= 0.3 is 0 Å². The van der Waals surface area contributed by atoms with Crippen LogP contribution in [0.25, 0.3) is 6.08 Å². The number of methoxy groups -OCH3 is 1. The van der Waals surface area contributed by atoms with Crippen molar-refractivity contribution in [3.05, 3.63) is 41.6 Å². The third-order valence-electron chi connectivity index (χ3n) is 4.76. The summed E-state index contributed by atoms with van der Waals surface area (Å²) in [6.45, 7) is 5.61. The maximum Gasteiger partial charge on any atom is 0.249 e. The van der Waals surface area contributed by atoms with Crippen LogP contribution in [0.15, 0.2) is 30.5 Å². The number of benzene rings is 1. The molecule has 6 heteroatoms. The van der Waals surface area contributed by atoms with E-state index in [0.717, 1.165) is 42.1 Å². The van der Waals surface area contributed by atoms with Crippen LogP contribution < -0.4 is 14.8 Å². The first-order chi connectivity index (χ1) is 13.6. The van der Waals surface area contributed by atoms with E-state index in [9.17, 15) is 4.79 Å². The molecular formula is C22H29N3O3. The molecule has 6 nitrogen and oxygen atoms in total. The van der Waals surface area contributed by atoms with Gasteiger partial charge < -0.3 is 14.8 Å². The van der Waals surface area contributed by atoms with Crippen molar-refractivity contribution >= 4 is 17.8 Å². The minimum atomic E-state index is -0.178. The number of unbranched alkanes of at least 4 members (excludes halogenated alkanes) is 1. The highest BCUT2D eigenvalue weighted by atomic mass is 16.5. The van der Waals surface area contributed by atoms with Gasteiger partial charge in [0.2, 0.25) is 5.91 Å². The van der Waals surface area contributed by atoms with Crippen molar-refractivity contribution in [3.8, 4) is 11.5 Å². The molecule has 1 saturated carbocycles. The molecule has 0 bridgehead atoms. The summed E-state index contributed by atoms with van der Waals surface area (Å²) in [4.78, 5) is 12.4. The number of nitrogens with zero attached hydrogens (tertiary/aromatic N) is 2. The van der Waals surface area contributed by atoms with E-state index in [1.165, 1.54) is 18.9 Å². The Bertz CT molecular complexity index is 838. The van der Waals surface area contributed by atoms with Gasteiger partial charge in [-0.05, 0) is 55.9 Å². The highest BCUT2D eigenvalue weighted by Gasteiger charge is 2.23. The van der Waals surface area contributed by atoms with E-state index >= 15 is 0 Å². The summed E-state index contributed by atoms with van der Waals surface area (Å²) in [6.07, 6.45) is 9.66. The zero-order valence-electron chi connectivity index (χ0n) is 16.9. The number of aryl methyl sites for hydroxylation is 1. The third kappa shape index (κ3) is 5.38. The summed E-state index contributed by atoms with van der Waals surface area (Å²) in [5.41, 5.74) is 1.84. The first-order valence-corrected chi connectivity index (χ1v) is 9.93. The smallest absolute Gasteiger partial charge is 0.249 e. The fourth-order valence-electron chi connectivity index (χ4n) is 2.89. The Balaban J connectivity index is 1.63. The normalized spacial score (nSPS) is 13.7. The Morgan fingerprint density at radius 2 is 2.18 bits per heavy atom. The lowest BCUT2D eigenvalue weighted by atomic mass is 10.2. The molecule has 1 fully saturated rings. The number of hydrogen-bond donors (Lipinski definition) is 1. The number of carbonyl (C=O) groups excluding carboxylic acids is 1. The number of rotatable bonds is 10. The minimum absolute atomic E-state index is 0.178. The van der Waals surface area contributed by atoms with Gasteiger partial charge in [-0.25, -0.2) is 4.68 Å². The topological polar surface area (TPSA) is 65.4 Å². The monoisotopic (exact) mass is 383 g/mol. The van der Waals surface area contributed by atoms with Crippen LogP contribution in [0, 0.1) is 12.8 Å². The van der Waals surface area contributed by atoms with Crippen LogP contribution in [-0.2, 0) is 11.3 Å². The summed E-state index contributed by atoms with van der Waals surface area (Å²) in [5.74, 6) is 2.67. The SMILES string of the molecule is CCCCOc1ccc(/C=C/C(=O)Nc2c(C)cnn2CC2CC2)cc1OC. The molecule has 0 aliphatic heterocycles. The van der Waals surface area contributed by atoms with Gasteiger partial charge in [-0.3, -0.25) is 4.79 Å². The number of hydrogen-bond acceptors (Lipinski definition) is 4. The fraction of sp³-hybridized carbons (Fsp3) is 0.455. The lowest BCUT2D eigenvalue weighted by molar-refractivity contribution is -0.111. The molecule has 1 aromatic heterocycles. The van der Waals surface area contributed by atoms with E-state index in [0.29, 0.717) is 18.3 Å². The van der Waals surface area contributed by atoms with Crippen molar-refractivity contribution in [2.45, 2.75) is 46.1 Å². The molecule has 1 aliphatic carbocycles. The fourth-order valence-corrected chi connectivity index (χ4v) is 2.89. The van der Waals surface area contributed by atoms with Gasteiger partial charge in [0.15, 0.2) is 11.5 Å². The molecule has 1 N–H and O–H groups in total. The van der Waals surface area contributed by atoms with Crippen LogP contribution >= 0.6 is 0 Å². The Labute approximate surface area is 166 Å². The largest absolute Gasteiger partial charge is 0.493 e. The van der Waals surface area contributed by atoms with Crippen LogP contribution in [0.4, 0.5) is 5.82 Å². The molecule has 28 heavy (non-hydrogen) atoms. The van der Waals surface area contributed by atoms with E-state index in [1.807, 2.05) is 29.8 Å². The van der Waals surface area contributed by atoms with Gasteiger partial charge in [0.25, 0.3) is 0 Å². The predicted octanol–water partition coefficient (Wildman–Crippen LogP) is 4.44. The number of amides is 1. The zero-order valence-corrected chi connectivity index (χ0v) is 16.9. The molecule has 1 heterocycles. The Morgan fingerprint density at radius 3 is 2.89 bits per heavy atom. The van der Waals surface area contributed by atoms with Gasteiger partial charge in [-0.2, -0.15) is 5.10 Å². The van der Waals surface area contributed by atoms with Gasteiger partial charge in [-0.15, -0.1) is 0 Å². The average molecular weight is 383 g/mol. The van der Waals surface area contributed by atoms with E-state index < -0.39 is 0 Å². The summed E-state index contributed by atoms with van der Waals surface area (Å²) in [6, 6.07) is 5.66. The molecule has 0 saturated heterocycles. The summed E-state index contributed by atoms with van der Waals surface area (Å²) in [7, 11) is 1.62. The average Bonchev–Trinajstić information content (AvgIpc) is 3.46. The second kappa shape index (κ2) is 9.44. The highest BCUT2D eigenvalue weighted by Crippen LogP contribution is 2.32. The van der Waals surface area contributed by atoms with Gasteiger partial charge in [0.1, 0.15) is 5.82 Å². The van der Waals surface area contributed by atoms with Crippen molar-refractivity contribution in [1.29, 1.82) is 0 Å². The molecule has 0 radical (unpaired) electrons. The zero-order chi connectivity index (χ0) is 19.9. The lowest BCUT2D eigenvalue weighted by Gasteiger charge is -2.11. The number of ether oxygens (including phenoxy) is 2. The number of anilines is 1. The van der Waals surface area contributed by atoms with Gasteiger partial charge in [0.05, 0.1) is 19.9 Å². The quantitative estimate of drug-likeness (QED) is 0.486. The molecule has 3 rings (SSSR count). The standard InChI is InChI=1S/C22H29N3O3/c1-4-5-12-28-19-10-8-17(13-20(19)27-3)9-11-21(26)24-22-16(2)14-23-25(22)15-18-6-7-18/h8-11,13-14,18H,4-7,12,15H2,1-3H3,(H,24,26)/b11-9+. The van der Waals surface area contributed by atoms with Gasteiger partial charge in [-0.1, -0.05) is 19.4 Å². The Hall–Kier alpha value is -2.76. The first kappa shape index (κ1) is 20.0. The van der Waals surface area contributed by atoms with E-state index in [2.05, 4.69) is 17.3 Å². The van der Waals surface area contributed by atoms with Crippen LogP contribution in [0.5, 0.6) is 11.5 Å². The van der Waals surface area contributed by atoms with Gasteiger partial charge in [0, 0.05) is 18.2 Å². The minimum Gasteiger partial charge on any atom is -0.493 e. The van der Waals surface area contributed by atoms with Crippen molar-refractivity contribution in [3.63, 3.8) is 0 Å². The number of aromatic nitrogens is 2. The molecule has 1 aromatic carbocycles. The molecule has 1 aliphatic rings. The van der Waals surface area contributed by atoms with Crippen LogP contribution in [-0.4, -0.2) is 29.4 Å². The van der Waals surface area contributed by atoms with Crippen molar-refractivity contribution in [2.24, 2.45) is 5.92 Å². The number of carbonyl (C=O) groups is 1. The Kier molecular flexibility index (Phi) is 6.74. The second-order valence-corrected chi connectivity index (χ2v) is 7.24. The van der Waals surface area contributed by atoms with Crippen LogP contribution in [0.2, 0.25) is 0 Å². The van der Waals surface area contributed by atoms with Crippen molar-refractivity contribution in [1.82, 2.24) is 9.78 Å². The highest BCUT2D eigenvalue weighted by molar-refractivity contribution is 6.01. The molecular weight excluding hydrogens is 354 g/mol. The predicted molar refractivity (Wildman–Crippen MR) is 111 cm³/mol. The summed E-state index contributed by atoms with van der Waals surface area (Å²) >= 11 is 0. The van der Waals surface area contributed by atoms with E-state index in [1.54, 1.807) is 19.4 Å². The first-order valence-electron chi connectivity index (χ1n) is 9.93. The second-order valence-electron chi connectivity index (χ2n) is 7.24. The molecule has 0 atom stereocenters. The number of nitrogens with one attached hydrogen (secondary N) is 1. The molecule has 1 amide bonds. The third-order valence-corrected chi connectivity index (χ3v) is 4.76. The lowest BCUT2D eigenvalue weighted by Crippen LogP contribution is -2.14. The van der Waals surface area contributed by atoms with E-state index in [-0.39, 0.29) is 5.91 Å². The summed E-state index contributed by atoms with van der Waals surface area (Å²) < 4.78 is 13.0. The maximum atomic E-state index is 12.4. The van der Waals surface area contributed by atoms with Crippen molar-refractivity contribution in [2.75, 3.05) is 19.0 Å². The Morgan fingerprint density at radius 1 is 1.36 bits per heavy atom. The summed E-state index contributed by atoms with van der Waals surface area (Å²) in [5, 5.41) is 7.33. The molecule has 0 spiro atoms. The molecule has 0 unspecified atom stereocenters. The molecule has 2 aromatic rings. The maximum absolute atomic E-state index is 12.4. The van der Waals surface area contributed by atoms with E-state index in [4.69, 9.17) is 9.47 Å². The molecule has 150 valence electrons. The van der Waals surface area contributed by atoms with Crippen LogP contribution in [0.3, 0.4) is 0 Å². The van der Waals surface area contributed by atoms with Crippen LogP contribution in [0.1, 0.15) is 43.7 Å².